The fourth-order valence-corrected chi connectivity index (χ4v) is 2.49. The number of carbonyl (C=O) groups excluding carboxylic acids is 1. The molecule has 2 aromatic carbocycles. The zero-order valence-electron chi connectivity index (χ0n) is 17.6. The number of benzene rings is 2. The first kappa shape index (κ1) is 25.7. The van der Waals surface area contributed by atoms with Crippen LogP contribution in [-0.4, -0.2) is 56.6 Å². The first-order valence-electron chi connectivity index (χ1n) is 9.62. The Balaban J connectivity index is 0.00000450. The fraction of sp³-hybridized carbons (Fsp3) is 0.364. The first-order valence-corrected chi connectivity index (χ1v) is 9.62. The van der Waals surface area contributed by atoms with Gasteiger partial charge in [0.15, 0.2) is 5.96 Å². The molecule has 1 atom stereocenters. The van der Waals surface area contributed by atoms with Crippen LogP contribution in [-0.2, 0) is 11.2 Å². The number of halogens is 2. The highest BCUT2D eigenvalue weighted by Crippen LogP contribution is 2.13. The molecule has 30 heavy (non-hydrogen) atoms. The van der Waals surface area contributed by atoms with Crippen molar-refractivity contribution in [2.24, 2.45) is 4.99 Å². The summed E-state index contributed by atoms with van der Waals surface area (Å²) in [5.74, 6) is 0.580. The summed E-state index contributed by atoms with van der Waals surface area (Å²) in [5, 5.41) is 6.43. The molecule has 1 unspecified atom stereocenters. The van der Waals surface area contributed by atoms with Gasteiger partial charge in [-0.05, 0) is 31.0 Å². The fourth-order valence-electron chi connectivity index (χ4n) is 2.49. The summed E-state index contributed by atoms with van der Waals surface area (Å²) in [6.45, 7) is 3.05. The van der Waals surface area contributed by atoms with E-state index in [1.54, 1.807) is 26.2 Å². The highest BCUT2D eigenvalue weighted by atomic mass is 127. The molecule has 0 aliphatic rings. The van der Waals surface area contributed by atoms with Gasteiger partial charge >= 0.3 is 0 Å². The van der Waals surface area contributed by atoms with E-state index < -0.39 is 0 Å². The van der Waals surface area contributed by atoms with Crippen LogP contribution in [0.3, 0.4) is 0 Å². The van der Waals surface area contributed by atoms with Gasteiger partial charge in [-0.3, -0.25) is 4.79 Å². The summed E-state index contributed by atoms with van der Waals surface area (Å²) in [6, 6.07) is 16.2. The summed E-state index contributed by atoms with van der Waals surface area (Å²) >= 11 is 0. The monoisotopic (exact) mass is 528 g/mol. The molecule has 0 saturated carbocycles. The second-order valence-corrected chi connectivity index (χ2v) is 6.88. The lowest BCUT2D eigenvalue weighted by molar-refractivity contribution is -0.127. The number of nitrogens with zero attached hydrogens (tertiary/aromatic N) is 2. The molecule has 0 fully saturated rings. The molecule has 6 nitrogen and oxygen atoms in total. The topological polar surface area (TPSA) is 66.0 Å². The minimum atomic E-state index is -0.338. The van der Waals surface area contributed by atoms with Crippen LogP contribution in [0.1, 0.15) is 12.5 Å². The quantitative estimate of drug-likeness (QED) is 0.299. The molecule has 0 heterocycles. The van der Waals surface area contributed by atoms with Gasteiger partial charge in [0, 0.05) is 26.7 Å². The Morgan fingerprint density at radius 1 is 1.13 bits per heavy atom. The molecule has 2 N–H and O–H groups in total. The molecular weight excluding hydrogens is 498 g/mol. The summed E-state index contributed by atoms with van der Waals surface area (Å²) in [7, 11) is 3.39. The lowest BCUT2D eigenvalue weighted by Crippen LogP contribution is -2.43. The van der Waals surface area contributed by atoms with Crippen molar-refractivity contribution in [1.82, 2.24) is 15.5 Å². The van der Waals surface area contributed by atoms with Crippen LogP contribution in [0.5, 0.6) is 5.75 Å². The zero-order valence-corrected chi connectivity index (χ0v) is 19.9. The molecule has 0 aromatic heterocycles. The second-order valence-electron chi connectivity index (χ2n) is 6.88. The Morgan fingerprint density at radius 2 is 1.87 bits per heavy atom. The molecular formula is C22H30FIN4O2. The van der Waals surface area contributed by atoms with E-state index in [4.69, 9.17) is 4.74 Å². The van der Waals surface area contributed by atoms with E-state index in [9.17, 15) is 9.18 Å². The molecule has 0 aliphatic carbocycles. The van der Waals surface area contributed by atoms with Crippen molar-refractivity contribution in [2.75, 3.05) is 33.7 Å². The Labute approximate surface area is 194 Å². The lowest BCUT2D eigenvalue weighted by Gasteiger charge is -2.18. The van der Waals surface area contributed by atoms with Gasteiger partial charge in [0.1, 0.15) is 24.2 Å². The van der Waals surface area contributed by atoms with Crippen molar-refractivity contribution < 1.29 is 13.9 Å². The number of nitrogens with one attached hydrogen (secondary N) is 2. The molecule has 0 spiro atoms. The van der Waals surface area contributed by atoms with E-state index >= 15 is 0 Å². The maximum atomic E-state index is 13.3. The molecule has 0 radical (unpaired) electrons. The van der Waals surface area contributed by atoms with Crippen LogP contribution in [0.15, 0.2) is 59.6 Å². The first-order chi connectivity index (χ1) is 13.9. The Bertz CT molecular complexity index is 803. The van der Waals surface area contributed by atoms with Crippen molar-refractivity contribution in [1.29, 1.82) is 0 Å². The van der Waals surface area contributed by atoms with Crippen molar-refractivity contribution >= 4 is 35.8 Å². The molecule has 2 rings (SSSR count). The summed E-state index contributed by atoms with van der Waals surface area (Å²) in [4.78, 5) is 17.7. The normalized spacial score (nSPS) is 11.8. The highest BCUT2D eigenvalue weighted by Gasteiger charge is 2.08. The SMILES string of the molecule is CC(CNC(=NCC(=O)N(C)C)NCCc1ccccc1)Oc1cccc(F)c1.I. The number of carbonyl (C=O) groups is 1. The predicted octanol–water partition coefficient (Wildman–Crippen LogP) is 3.08. The third kappa shape index (κ3) is 9.91. The van der Waals surface area contributed by atoms with E-state index in [0.717, 1.165) is 6.42 Å². The Morgan fingerprint density at radius 3 is 2.53 bits per heavy atom. The summed E-state index contributed by atoms with van der Waals surface area (Å²) in [5.41, 5.74) is 1.21. The Hall–Kier alpha value is -2.36. The van der Waals surface area contributed by atoms with Crippen molar-refractivity contribution in [3.05, 3.63) is 66.0 Å². The molecule has 0 saturated heterocycles. The third-order valence-electron chi connectivity index (χ3n) is 4.11. The van der Waals surface area contributed by atoms with Crippen LogP contribution in [0.25, 0.3) is 0 Å². The number of aliphatic imine (C=N–C) groups is 1. The minimum absolute atomic E-state index is 0. The van der Waals surface area contributed by atoms with E-state index in [0.29, 0.717) is 24.8 Å². The van der Waals surface area contributed by atoms with Crippen molar-refractivity contribution in [3.8, 4) is 5.75 Å². The molecule has 0 aliphatic heterocycles. The maximum Gasteiger partial charge on any atom is 0.243 e. The average molecular weight is 528 g/mol. The van der Waals surface area contributed by atoms with Gasteiger partial charge in [-0.2, -0.15) is 0 Å². The zero-order chi connectivity index (χ0) is 21.1. The maximum absolute atomic E-state index is 13.3. The number of amides is 1. The van der Waals surface area contributed by atoms with Gasteiger partial charge in [-0.15, -0.1) is 24.0 Å². The van der Waals surface area contributed by atoms with Gasteiger partial charge in [-0.1, -0.05) is 36.4 Å². The number of ether oxygens (including phenoxy) is 1. The standard InChI is InChI=1S/C22H29FN4O2.HI/c1-17(29-20-11-7-10-19(23)14-20)15-25-22(26-16-21(28)27(2)3)24-13-12-18-8-5-4-6-9-18;/h4-11,14,17H,12-13,15-16H2,1-3H3,(H2,24,25,26);1H. The summed E-state index contributed by atoms with van der Waals surface area (Å²) in [6.07, 6.45) is 0.612. The van der Waals surface area contributed by atoms with Gasteiger partial charge in [-0.25, -0.2) is 9.38 Å². The van der Waals surface area contributed by atoms with Crippen LogP contribution in [0, 0.1) is 5.82 Å². The highest BCUT2D eigenvalue weighted by molar-refractivity contribution is 14.0. The van der Waals surface area contributed by atoms with Crippen LogP contribution >= 0.6 is 24.0 Å². The summed E-state index contributed by atoms with van der Waals surface area (Å²) < 4.78 is 19.0. The largest absolute Gasteiger partial charge is 0.489 e. The van der Waals surface area contributed by atoms with Crippen LogP contribution in [0.4, 0.5) is 4.39 Å². The van der Waals surface area contributed by atoms with Gasteiger partial charge in [0.25, 0.3) is 0 Å². The van der Waals surface area contributed by atoms with Gasteiger partial charge < -0.3 is 20.3 Å². The van der Waals surface area contributed by atoms with E-state index in [-0.39, 0.29) is 48.3 Å². The number of rotatable bonds is 9. The number of hydrogen-bond donors (Lipinski definition) is 2. The molecule has 2 aromatic rings. The third-order valence-corrected chi connectivity index (χ3v) is 4.11. The number of hydrogen-bond acceptors (Lipinski definition) is 3. The van der Waals surface area contributed by atoms with Crippen LogP contribution in [0.2, 0.25) is 0 Å². The lowest BCUT2D eigenvalue weighted by atomic mass is 10.1. The number of guanidine groups is 1. The van der Waals surface area contributed by atoms with E-state index in [2.05, 4.69) is 27.8 Å². The molecule has 164 valence electrons. The molecule has 8 heteroatoms. The Kier molecular flexibility index (Phi) is 11.8. The van der Waals surface area contributed by atoms with Crippen molar-refractivity contribution in [3.63, 3.8) is 0 Å². The van der Waals surface area contributed by atoms with Crippen molar-refractivity contribution in [2.45, 2.75) is 19.4 Å². The van der Waals surface area contributed by atoms with E-state index in [1.807, 2.05) is 25.1 Å². The van der Waals surface area contributed by atoms with Gasteiger partial charge in [0.2, 0.25) is 5.91 Å². The second kappa shape index (κ2) is 13.8. The van der Waals surface area contributed by atoms with E-state index in [1.165, 1.54) is 22.6 Å². The predicted molar refractivity (Wildman–Crippen MR) is 129 cm³/mol. The number of likely N-dealkylation sites (N-methyl/N-ethyl adjacent to an activating group) is 1. The molecule has 0 bridgehead atoms. The average Bonchev–Trinajstić information content (AvgIpc) is 2.70. The van der Waals surface area contributed by atoms with Gasteiger partial charge in [0.05, 0.1) is 6.54 Å². The smallest absolute Gasteiger partial charge is 0.243 e. The minimum Gasteiger partial charge on any atom is -0.489 e. The molecule has 1 amide bonds. The van der Waals surface area contributed by atoms with Crippen LogP contribution < -0.4 is 15.4 Å².